The summed E-state index contributed by atoms with van der Waals surface area (Å²) >= 11 is 0. The molecule has 3 nitrogen and oxygen atoms in total. The molecule has 0 spiro atoms. The van der Waals surface area contributed by atoms with Crippen LogP contribution in [0.25, 0.3) is 0 Å². The molecule has 0 radical (unpaired) electrons. The highest BCUT2D eigenvalue weighted by molar-refractivity contribution is 6.89. The Morgan fingerprint density at radius 2 is 1.47 bits per heavy atom. The smallest absolute Gasteiger partial charge is 0.216 e. The molecule has 0 heterocycles. The SMILES string of the molecule is CC(=O)NCCCCN([Si](C)(C)C)[Si](C)(C)C. The van der Waals surface area contributed by atoms with Crippen molar-refractivity contribution in [2.45, 2.75) is 59.0 Å². The zero-order valence-corrected chi connectivity index (χ0v) is 14.7. The fourth-order valence-corrected chi connectivity index (χ4v) is 12.0. The number of nitrogens with zero attached hydrogens (tertiary/aromatic N) is 1. The van der Waals surface area contributed by atoms with Gasteiger partial charge in [0, 0.05) is 13.5 Å². The van der Waals surface area contributed by atoms with E-state index in [2.05, 4.69) is 48.8 Å². The second kappa shape index (κ2) is 6.70. The van der Waals surface area contributed by atoms with Gasteiger partial charge in [0.1, 0.15) is 16.5 Å². The van der Waals surface area contributed by atoms with E-state index >= 15 is 0 Å². The maximum absolute atomic E-state index is 10.8. The second-order valence-corrected chi connectivity index (χ2v) is 16.9. The standard InChI is InChI=1S/C12H30N2OSi2/c1-12(15)13-10-8-9-11-14(16(2,3)4)17(5,6)7/h8-11H2,1-7H3,(H,13,15). The molecule has 0 unspecified atom stereocenters. The van der Waals surface area contributed by atoms with Crippen LogP contribution in [-0.2, 0) is 4.79 Å². The summed E-state index contributed by atoms with van der Waals surface area (Å²) in [5.74, 6) is 0.0808. The molecule has 0 fully saturated rings. The van der Waals surface area contributed by atoms with Crippen LogP contribution >= 0.6 is 0 Å². The van der Waals surface area contributed by atoms with Crippen molar-refractivity contribution in [2.24, 2.45) is 0 Å². The monoisotopic (exact) mass is 274 g/mol. The Morgan fingerprint density at radius 1 is 1.00 bits per heavy atom. The number of rotatable bonds is 7. The zero-order chi connectivity index (χ0) is 13.7. The maximum Gasteiger partial charge on any atom is 0.216 e. The molecular formula is C12H30N2OSi2. The van der Waals surface area contributed by atoms with Gasteiger partial charge in [-0.3, -0.25) is 4.79 Å². The average molecular weight is 275 g/mol. The van der Waals surface area contributed by atoms with E-state index in [1.54, 1.807) is 6.92 Å². The van der Waals surface area contributed by atoms with Gasteiger partial charge >= 0.3 is 0 Å². The Morgan fingerprint density at radius 3 is 1.82 bits per heavy atom. The van der Waals surface area contributed by atoms with Crippen LogP contribution in [0, 0.1) is 0 Å². The molecular weight excluding hydrogens is 244 g/mol. The lowest BCUT2D eigenvalue weighted by Crippen LogP contribution is -2.59. The Bertz CT molecular complexity index is 230. The topological polar surface area (TPSA) is 32.3 Å². The van der Waals surface area contributed by atoms with Gasteiger partial charge in [0.25, 0.3) is 0 Å². The molecule has 0 saturated heterocycles. The highest BCUT2D eigenvalue weighted by Gasteiger charge is 2.33. The summed E-state index contributed by atoms with van der Waals surface area (Å²) in [6.07, 6.45) is 2.28. The first kappa shape index (κ1) is 16.9. The number of hydrogen-bond donors (Lipinski definition) is 1. The van der Waals surface area contributed by atoms with E-state index < -0.39 is 16.5 Å². The summed E-state index contributed by atoms with van der Waals surface area (Å²) in [5.41, 5.74) is 0. The van der Waals surface area contributed by atoms with Crippen LogP contribution in [0.2, 0.25) is 39.3 Å². The first-order valence-corrected chi connectivity index (χ1v) is 13.5. The third-order valence-electron chi connectivity index (χ3n) is 2.80. The summed E-state index contributed by atoms with van der Waals surface area (Å²) in [6.45, 7) is 18.2. The van der Waals surface area contributed by atoms with Crippen LogP contribution in [0.4, 0.5) is 0 Å². The number of hydrogen-bond acceptors (Lipinski definition) is 2. The summed E-state index contributed by atoms with van der Waals surface area (Å²) in [6, 6.07) is 0. The molecule has 5 heteroatoms. The Kier molecular flexibility index (Phi) is 6.65. The molecule has 0 aliphatic rings. The van der Waals surface area contributed by atoms with Crippen molar-refractivity contribution in [3.8, 4) is 0 Å². The van der Waals surface area contributed by atoms with Crippen LogP contribution in [0.5, 0.6) is 0 Å². The number of unbranched alkanes of at least 4 members (excludes halogenated alkanes) is 1. The molecule has 17 heavy (non-hydrogen) atoms. The van der Waals surface area contributed by atoms with Gasteiger partial charge in [-0.15, -0.1) is 0 Å². The van der Waals surface area contributed by atoms with Gasteiger partial charge < -0.3 is 9.55 Å². The lowest BCUT2D eigenvalue weighted by Gasteiger charge is -2.43. The van der Waals surface area contributed by atoms with E-state index in [9.17, 15) is 4.79 Å². The highest BCUT2D eigenvalue weighted by Crippen LogP contribution is 2.20. The summed E-state index contributed by atoms with van der Waals surface area (Å²) in [5, 5.41) is 2.86. The Labute approximate surface area is 109 Å². The molecule has 0 bridgehead atoms. The van der Waals surface area contributed by atoms with Crippen LogP contribution in [0.1, 0.15) is 19.8 Å². The first-order chi connectivity index (χ1) is 7.55. The van der Waals surface area contributed by atoms with E-state index in [1.807, 2.05) is 0 Å². The first-order valence-electron chi connectivity index (χ1n) is 6.57. The van der Waals surface area contributed by atoms with Crippen LogP contribution in [0.15, 0.2) is 0 Å². The molecule has 0 aliphatic carbocycles. The second-order valence-electron chi connectivity index (χ2n) is 6.68. The largest absolute Gasteiger partial charge is 0.356 e. The minimum absolute atomic E-state index is 0.0808. The third-order valence-corrected chi connectivity index (χ3v) is 10.5. The molecule has 0 aromatic heterocycles. The van der Waals surface area contributed by atoms with E-state index in [0.29, 0.717) is 0 Å². The van der Waals surface area contributed by atoms with Gasteiger partial charge in [0.2, 0.25) is 5.91 Å². The van der Waals surface area contributed by atoms with Crippen LogP contribution in [0.3, 0.4) is 0 Å². The van der Waals surface area contributed by atoms with Crippen LogP contribution < -0.4 is 5.32 Å². The van der Waals surface area contributed by atoms with Crippen molar-refractivity contribution in [2.75, 3.05) is 13.1 Å². The molecule has 0 aromatic rings. The third kappa shape index (κ3) is 7.73. The van der Waals surface area contributed by atoms with Crippen molar-refractivity contribution in [3.63, 3.8) is 0 Å². The van der Waals surface area contributed by atoms with Gasteiger partial charge in [-0.05, 0) is 19.4 Å². The summed E-state index contributed by atoms with van der Waals surface area (Å²) < 4.78 is 2.80. The van der Waals surface area contributed by atoms with Gasteiger partial charge in [0.15, 0.2) is 0 Å². The van der Waals surface area contributed by atoms with Crippen molar-refractivity contribution in [1.82, 2.24) is 9.55 Å². The predicted octanol–water partition coefficient (Wildman–Crippen LogP) is 2.87. The molecule has 0 atom stereocenters. The zero-order valence-electron chi connectivity index (χ0n) is 12.7. The average Bonchev–Trinajstić information content (AvgIpc) is 2.05. The molecule has 0 saturated carbocycles. The molecule has 0 aromatic carbocycles. The quantitative estimate of drug-likeness (QED) is 0.572. The normalized spacial score (nSPS) is 12.9. The number of carbonyl (C=O) groups excluding carboxylic acids is 1. The number of nitrogens with one attached hydrogen (secondary N) is 1. The predicted molar refractivity (Wildman–Crippen MR) is 81.3 cm³/mol. The lowest BCUT2D eigenvalue weighted by atomic mass is 10.3. The fourth-order valence-electron chi connectivity index (χ4n) is 2.34. The van der Waals surface area contributed by atoms with E-state index in [1.165, 1.54) is 13.0 Å². The van der Waals surface area contributed by atoms with Crippen molar-refractivity contribution < 1.29 is 4.79 Å². The summed E-state index contributed by atoms with van der Waals surface area (Å²) in [4.78, 5) is 10.8. The maximum atomic E-state index is 10.8. The minimum Gasteiger partial charge on any atom is -0.356 e. The Balaban J connectivity index is 4.08. The lowest BCUT2D eigenvalue weighted by molar-refractivity contribution is -0.118. The molecule has 1 amide bonds. The van der Waals surface area contributed by atoms with E-state index in [-0.39, 0.29) is 5.91 Å². The van der Waals surface area contributed by atoms with Crippen molar-refractivity contribution in [1.29, 1.82) is 0 Å². The van der Waals surface area contributed by atoms with E-state index in [4.69, 9.17) is 0 Å². The van der Waals surface area contributed by atoms with Crippen LogP contribution in [-0.4, -0.2) is 39.7 Å². The van der Waals surface area contributed by atoms with Gasteiger partial charge in [-0.1, -0.05) is 39.3 Å². The van der Waals surface area contributed by atoms with Gasteiger partial charge in [-0.2, -0.15) is 0 Å². The van der Waals surface area contributed by atoms with E-state index in [0.717, 1.165) is 13.0 Å². The van der Waals surface area contributed by atoms with Gasteiger partial charge in [0.05, 0.1) is 0 Å². The minimum atomic E-state index is -1.20. The summed E-state index contributed by atoms with van der Waals surface area (Å²) in [7, 11) is -2.39. The molecule has 102 valence electrons. The number of carbonyl (C=O) groups is 1. The molecule has 1 N–H and O–H groups in total. The Hall–Kier alpha value is -0.136. The molecule has 0 rings (SSSR count). The molecule has 0 aliphatic heterocycles. The van der Waals surface area contributed by atoms with Crippen molar-refractivity contribution in [3.05, 3.63) is 0 Å². The van der Waals surface area contributed by atoms with Crippen molar-refractivity contribution >= 4 is 22.4 Å². The highest BCUT2D eigenvalue weighted by atomic mass is 28.4. The fraction of sp³-hybridized carbons (Fsp3) is 0.917. The number of amides is 1. The van der Waals surface area contributed by atoms with Gasteiger partial charge in [-0.25, -0.2) is 0 Å².